The molecule has 80 valence electrons. The molecular formula is C11H14N2O2. The smallest absolute Gasteiger partial charge is 0.254 e. The first-order valence-electron chi connectivity index (χ1n) is 4.55. The van der Waals surface area contributed by atoms with Crippen LogP contribution in [-0.2, 0) is 0 Å². The van der Waals surface area contributed by atoms with E-state index in [-0.39, 0.29) is 11.0 Å². The van der Waals surface area contributed by atoms with Gasteiger partial charge in [0, 0.05) is 17.0 Å². The molecule has 4 heteroatoms. The third-order valence-electron chi connectivity index (χ3n) is 2.25. The van der Waals surface area contributed by atoms with Crippen molar-refractivity contribution in [3.63, 3.8) is 0 Å². The molecule has 0 atom stereocenters. The van der Waals surface area contributed by atoms with Gasteiger partial charge in [0.15, 0.2) is 0 Å². The minimum absolute atomic E-state index is 0.0126. The molecule has 3 N–H and O–H groups in total. The average molecular weight is 206 g/mol. The Morgan fingerprint density at radius 1 is 1.27 bits per heavy atom. The first kappa shape index (κ1) is 11.2. The van der Waals surface area contributed by atoms with Gasteiger partial charge in [0.1, 0.15) is 5.56 Å². The number of pyridine rings is 1. The molecular weight excluding hydrogens is 192 g/mol. The maximum atomic E-state index is 11.9. The van der Waals surface area contributed by atoms with Gasteiger partial charge in [-0.25, -0.2) is 0 Å². The summed E-state index contributed by atoms with van der Waals surface area (Å²) >= 11 is 0. The van der Waals surface area contributed by atoms with Crippen molar-refractivity contribution in [1.82, 2.24) is 4.98 Å². The summed E-state index contributed by atoms with van der Waals surface area (Å²) < 4.78 is 0. The molecule has 15 heavy (non-hydrogen) atoms. The van der Waals surface area contributed by atoms with Gasteiger partial charge in [-0.05, 0) is 26.3 Å². The standard InChI is InChI=1S/C11H14N2O2/c1-5(2)8-6(3)13-7(4)9(10(8)14)11(12)15/h1H2,2-4H3,(H2,12,15)(H,13,14). The Kier molecular flexibility index (Phi) is 2.79. The van der Waals surface area contributed by atoms with E-state index < -0.39 is 5.91 Å². The number of H-pyrrole nitrogens is 1. The van der Waals surface area contributed by atoms with E-state index in [1.807, 2.05) is 0 Å². The zero-order chi connectivity index (χ0) is 11.7. The lowest BCUT2D eigenvalue weighted by molar-refractivity contribution is 0.0998. The van der Waals surface area contributed by atoms with Crippen LogP contribution in [0.3, 0.4) is 0 Å². The summed E-state index contributed by atoms with van der Waals surface area (Å²) in [7, 11) is 0. The molecule has 1 heterocycles. The van der Waals surface area contributed by atoms with Crippen molar-refractivity contribution in [2.24, 2.45) is 5.73 Å². The van der Waals surface area contributed by atoms with Crippen LogP contribution in [0.4, 0.5) is 0 Å². The number of hydrogen-bond donors (Lipinski definition) is 2. The molecule has 1 aromatic rings. The molecule has 4 nitrogen and oxygen atoms in total. The molecule has 0 bridgehead atoms. The summed E-state index contributed by atoms with van der Waals surface area (Å²) in [6.07, 6.45) is 0. The molecule has 1 rings (SSSR count). The third kappa shape index (κ3) is 1.83. The first-order chi connectivity index (χ1) is 6.86. The molecule has 0 aromatic carbocycles. The third-order valence-corrected chi connectivity index (χ3v) is 2.25. The van der Waals surface area contributed by atoms with Crippen LogP contribution >= 0.6 is 0 Å². The van der Waals surface area contributed by atoms with E-state index in [1.54, 1.807) is 20.8 Å². The molecule has 0 fully saturated rings. The van der Waals surface area contributed by atoms with Crippen LogP contribution in [0.2, 0.25) is 0 Å². The quantitative estimate of drug-likeness (QED) is 0.760. The second-order valence-electron chi connectivity index (χ2n) is 3.60. The number of amides is 1. The topological polar surface area (TPSA) is 76.0 Å². The predicted molar refractivity (Wildman–Crippen MR) is 59.8 cm³/mol. The van der Waals surface area contributed by atoms with Crippen LogP contribution in [0.1, 0.15) is 34.2 Å². The van der Waals surface area contributed by atoms with Gasteiger partial charge in [-0.2, -0.15) is 0 Å². The minimum Gasteiger partial charge on any atom is -0.365 e. The van der Waals surface area contributed by atoms with E-state index in [0.29, 0.717) is 22.5 Å². The minimum atomic E-state index is -0.712. The highest BCUT2D eigenvalue weighted by Gasteiger charge is 2.16. The second-order valence-corrected chi connectivity index (χ2v) is 3.60. The number of allylic oxidation sites excluding steroid dienone is 1. The van der Waals surface area contributed by atoms with Crippen LogP contribution in [0.5, 0.6) is 0 Å². The van der Waals surface area contributed by atoms with E-state index >= 15 is 0 Å². The largest absolute Gasteiger partial charge is 0.365 e. The van der Waals surface area contributed by atoms with Gasteiger partial charge in [-0.1, -0.05) is 6.58 Å². The molecule has 0 aliphatic rings. The molecule has 1 aromatic heterocycles. The Balaban J connectivity index is 3.72. The van der Waals surface area contributed by atoms with Gasteiger partial charge in [0.25, 0.3) is 5.91 Å². The Hall–Kier alpha value is -1.84. The fourth-order valence-corrected chi connectivity index (χ4v) is 1.68. The van der Waals surface area contributed by atoms with E-state index in [9.17, 15) is 9.59 Å². The number of aromatic nitrogens is 1. The summed E-state index contributed by atoms with van der Waals surface area (Å²) in [6.45, 7) is 8.84. The summed E-state index contributed by atoms with van der Waals surface area (Å²) in [5.74, 6) is -0.712. The zero-order valence-corrected chi connectivity index (χ0v) is 9.10. The van der Waals surface area contributed by atoms with Crippen LogP contribution in [0.15, 0.2) is 11.4 Å². The van der Waals surface area contributed by atoms with E-state index in [4.69, 9.17) is 5.73 Å². The Labute approximate surface area is 87.8 Å². The number of carbonyl (C=O) groups is 1. The second kappa shape index (κ2) is 3.73. The van der Waals surface area contributed by atoms with E-state index in [2.05, 4.69) is 11.6 Å². The van der Waals surface area contributed by atoms with Gasteiger partial charge in [0.2, 0.25) is 5.43 Å². The lowest BCUT2D eigenvalue weighted by Gasteiger charge is -2.09. The van der Waals surface area contributed by atoms with Crippen LogP contribution in [0.25, 0.3) is 5.57 Å². The normalized spacial score (nSPS) is 10.1. The SMILES string of the molecule is C=C(C)c1c(C)[nH]c(C)c(C(N)=O)c1=O. The Morgan fingerprint density at radius 3 is 2.13 bits per heavy atom. The summed E-state index contributed by atoms with van der Waals surface area (Å²) in [4.78, 5) is 26.0. The van der Waals surface area contributed by atoms with E-state index in [1.165, 1.54) is 0 Å². The van der Waals surface area contributed by atoms with Gasteiger partial charge in [0.05, 0.1) is 0 Å². The number of rotatable bonds is 2. The molecule has 0 unspecified atom stereocenters. The zero-order valence-electron chi connectivity index (χ0n) is 9.10. The fraction of sp³-hybridized carbons (Fsp3) is 0.273. The van der Waals surface area contributed by atoms with Crippen LogP contribution in [-0.4, -0.2) is 10.9 Å². The number of aromatic amines is 1. The fourth-order valence-electron chi connectivity index (χ4n) is 1.68. The van der Waals surface area contributed by atoms with Crippen molar-refractivity contribution in [3.05, 3.63) is 39.3 Å². The number of primary amides is 1. The van der Waals surface area contributed by atoms with Crippen molar-refractivity contribution in [1.29, 1.82) is 0 Å². The Bertz CT molecular complexity index is 457. The highest BCUT2D eigenvalue weighted by molar-refractivity contribution is 5.94. The van der Waals surface area contributed by atoms with Gasteiger partial charge >= 0.3 is 0 Å². The number of hydrogen-bond acceptors (Lipinski definition) is 2. The monoisotopic (exact) mass is 206 g/mol. The summed E-state index contributed by atoms with van der Waals surface area (Å²) in [5, 5.41) is 0. The predicted octanol–water partition coefficient (Wildman–Crippen LogP) is 1.12. The summed E-state index contributed by atoms with van der Waals surface area (Å²) in [5.41, 5.74) is 7.07. The molecule has 0 spiro atoms. The van der Waals surface area contributed by atoms with Crippen molar-refractivity contribution >= 4 is 11.5 Å². The first-order valence-corrected chi connectivity index (χ1v) is 4.55. The van der Waals surface area contributed by atoms with Gasteiger partial charge < -0.3 is 10.7 Å². The van der Waals surface area contributed by atoms with Crippen LogP contribution < -0.4 is 11.2 Å². The number of nitrogens with one attached hydrogen (secondary N) is 1. The molecule has 0 aliphatic heterocycles. The van der Waals surface area contributed by atoms with Crippen LogP contribution in [0, 0.1) is 13.8 Å². The van der Waals surface area contributed by atoms with E-state index in [0.717, 1.165) is 0 Å². The van der Waals surface area contributed by atoms with Crippen molar-refractivity contribution in [2.75, 3.05) is 0 Å². The lowest BCUT2D eigenvalue weighted by Crippen LogP contribution is -2.27. The molecule has 0 aliphatic carbocycles. The van der Waals surface area contributed by atoms with Gasteiger partial charge in [-0.15, -0.1) is 0 Å². The average Bonchev–Trinajstić information content (AvgIpc) is 1.99. The number of aryl methyl sites for hydroxylation is 2. The number of carbonyl (C=O) groups excluding carboxylic acids is 1. The Morgan fingerprint density at radius 2 is 1.73 bits per heavy atom. The number of nitrogens with two attached hydrogens (primary N) is 1. The molecule has 0 saturated heterocycles. The lowest BCUT2D eigenvalue weighted by atomic mass is 10.0. The maximum absolute atomic E-state index is 11.9. The highest BCUT2D eigenvalue weighted by atomic mass is 16.2. The molecule has 0 radical (unpaired) electrons. The molecule has 0 saturated carbocycles. The maximum Gasteiger partial charge on any atom is 0.254 e. The van der Waals surface area contributed by atoms with Crippen molar-refractivity contribution in [2.45, 2.75) is 20.8 Å². The molecule has 1 amide bonds. The summed E-state index contributed by atoms with van der Waals surface area (Å²) in [6, 6.07) is 0. The highest BCUT2D eigenvalue weighted by Crippen LogP contribution is 2.12. The van der Waals surface area contributed by atoms with Gasteiger partial charge in [-0.3, -0.25) is 9.59 Å². The van der Waals surface area contributed by atoms with Crippen molar-refractivity contribution in [3.8, 4) is 0 Å². The van der Waals surface area contributed by atoms with Crippen molar-refractivity contribution < 1.29 is 4.79 Å².